The number of pyridine rings is 1. The fourth-order valence-electron chi connectivity index (χ4n) is 4.45. The molecule has 0 aliphatic heterocycles. The summed E-state index contributed by atoms with van der Waals surface area (Å²) in [6.07, 6.45) is 6.44. The first-order valence-electron chi connectivity index (χ1n) is 9.37. The fourth-order valence-corrected chi connectivity index (χ4v) is 4.45. The van der Waals surface area contributed by atoms with Gasteiger partial charge >= 0.3 is 5.97 Å². The number of nitrogens with zero attached hydrogens (tertiary/aromatic N) is 2. The summed E-state index contributed by atoms with van der Waals surface area (Å²) in [6.45, 7) is 2.78. The predicted molar refractivity (Wildman–Crippen MR) is 103 cm³/mol. The highest BCUT2D eigenvalue weighted by molar-refractivity contribution is 6.03. The fraction of sp³-hybridized carbons (Fsp3) is 0.364. The first-order chi connectivity index (χ1) is 12.6. The molecule has 2 aromatic heterocycles. The van der Waals surface area contributed by atoms with Crippen molar-refractivity contribution in [3.63, 3.8) is 0 Å². The molecule has 0 saturated heterocycles. The summed E-state index contributed by atoms with van der Waals surface area (Å²) in [5, 5.41) is 9.59. The van der Waals surface area contributed by atoms with Crippen molar-refractivity contribution >= 4 is 17.0 Å². The van der Waals surface area contributed by atoms with Crippen LogP contribution in [0.2, 0.25) is 0 Å². The maximum absolute atomic E-state index is 11.7. The van der Waals surface area contributed by atoms with Crippen LogP contribution in [0.5, 0.6) is 0 Å². The van der Waals surface area contributed by atoms with Crippen LogP contribution in [0.15, 0.2) is 48.7 Å². The minimum Gasteiger partial charge on any atom is -0.478 e. The number of fused-ring (bicyclic) bond motifs is 1. The Kier molecular flexibility index (Phi) is 4.49. The Morgan fingerprint density at radius 3 is 2.54 bits per heavy atom. The highest BCUT2D eigenvalue weighted by atomic mass is 16.4. The van der Waals surface area contributed by atoms with Gasteiger partial charge in [0.1, 0.15) is 11.1 Å². The zero-order chi connectivity index (χ0) is 18.1. The van der Waals surface area contributed by atoms with Crippen LogP contribution in [-0.4, -0.2) is 20.6 Å². The maximum atomic E-state index is 11.7. The van der Waals surface area contributed by atoms with Crippen LogP contribution in [0.25, 0.3) is 11.0 Å². The molecule has 0 unspecified atom stereocenters. The van der Waals surface area contributed by atoms with Crippen molar-refractivity contribution in [2.45, 2.75) is 45.1 Å². The van der Waals surface area contributed by atoms with Crippen LogP contribution in [-0.2, 0) is 6.54 Å². The molecule has 4 rings (SSSR count). The van der Waals surface area contributed by atoms with Crippen molar-refractivity contribution in [2.75, 3.05) is 0 Å². The molecule has 1 aliphatic carbocycles. The van der Waals surface area contributed by atoms with Gasteiger partial charge in [0, 0.05) is 18.4 Å². The van der Waals surface area contributed by atoms with Crippen molar-refractivity contribution in [1.29, 1.82) is 0 Å². The van der Waals surface area contributed by atoms with Crippen LogP contribution in [0.1, 0.15) is 53.2 Å². The van der Waals surface area contributed by atoms with Crippen molar-refractivity contribution in [2.24, 2.45) is 5.92 Å². The zero-order valence-electron chi connectivity index (χ0n) is 15.1. The lowest BCUT2D eigenvalue weighted by molar-refractivity contribution is 0.0697. The molecule has 0 amide bonds. The van der Waals surface area contributed by atoms with Crippen LogP contribution in [0, 0.1) is 12.8 Å². The van der Waals surface area contributed by atoms with Crippen LogP contribution in [0.4, 0.5) is 0 Å². The molecule has 4 heteroatoms. The topological polar surface area (TPSA) is 55.1 Å². The summed E-state index contributed by atoms with van der Waals surface area (Å²) in [6, 6.07) is 14.7. The van der Waals surface area contributed by atoms with Crippen LogP contribution >= 0.6 is 0 Å². The summed E-state index contributed by atoms with van der Waals surface area (Å²) < 4.78 is 2.17. The molecule has 1 N–H and O–H groups in total. The van der Waals surface area contributed by atoms with Gasteiger partial charge in [0.2, 0.25) is 0 Å². The SMILES string of the molecule is Cc1c(C(=O)O)c2ncccc2n1CC1CCC(c2ccccc2)CC1. The Balaban J connectivity index is 1.54. The minimum absolute atomic E-state index is 0.346. The summed E-state index contributed by atoms with van der Waals surface area (Å²) in [4.78, 5) is 16.0. The summed E-state index contributed by atoms with van der Waals surface area (Å²) in [7, 11) is 0. The van der Waals surface area contributed by atoms with E-state index in [0.717, 1.165) is 17.8 Å². The molecule has 3 aromatic rings. The molecule has 1 fully saturated rings. The van der Waals surface area contributed by atoms with E-state index in [1.807, 2.05) is 19.1 Å². The van der Waals surface area contributed by atoms with Crippen molar-refractivity contribution in [1.82, 2.24) is 9.55 Å². The third-order valence-electron chi connectivity index (χ3n) is 5.85. The molecule has 0 radical (unpaired) electrons. The quantitative estimate of drug-likeness (QED) is 0.720. The van der Waals surface area contributed by atoms with E-state index in [-0.39, 0.29) is 0 Å². The molecule has 1 aromatic carbocycles. The second-order valence-corrected chi connectivity index (χ2v) is 7.38. The zero-order valence-corrected chi connectivity index (χ0v) is 15.1. The van der Waals surface area contributed by atoms with Crippen molar-refractivity contribution in [3.8, 4) is 0 Å². The van der Waals surface area contributed by atoms with Gasteiger partial charge in [-0.1, -0.05) is 30.3 Å². The molecular weight excluding hydrogens is 324 g/mol. The third-order valence-corrected chi connectivity index (χ3v) is 5.85. The molecule has 1 aliphatic rings. The Morgan fingerprint density at radius 2 is 1.85 bits per heavy atom. The van der Waals surface area contributed by atoms with E-state index in [1.54, 1.807) is 6.20 Å². The van der Waals surface area contributed by atoms with E-state index in [9.17, 15) is 9.90 Å². The number of carbonyl (C=O) groups is 1. The monoisotopic (exact) mass is 348 g/mol. The van der Waals surface area contributed by atoms with E-state index < -0.39 is 5.97 Å². The Bertz CT molecular complexity index is 922. The maximum Gasteiger partial charge on any atom is 0.339 e. The molecule has 4 nitrogen and oxygen atoms in total. The molecule has 2 heterocycles. The van der Waals surface area contributed by atoms with Crippen LogP contribution in [0.3, 0.4) is 0 Å². The number of hydrogen-bond donors (Lipinski definition) is 1. The van der Waals surface area contributed by atoms with E-state index in [2.05, 4.69) is 39.9 Å². The van der Waals surface area contributed by atoms with E-state index in [0.29, 0.717) is 22.9 Å². The number of carboxylic acids is 1. The molecule has 26 heavy (non-hydrogen) atoms. The number of hydrogen-bond acceptors (Lipinski definition) is 2. The molecule has 0 atom stereocenters. The van der Waals surface area contributed by atoms with Crippen molar-refractivity contribution < 1.29 is 9.90 Å². The van der Waals surface area contributed by atoms with Gasteiger partial charge in [-0.2, -0.15) is 0 Å². The van der Waals surface area contributed by atoms with Gasteiger partial charge in [-0.25, -0.2) is 4.79 Å². The van der Waals surface area contributed by atoms with Gasteiger partial charge in [0.25, 0.3) is 0 Å². The highest BCUT2D eigenvalue weighted by Crippen LogP contribution is 2.37. The summed E-state index contributed by atoms with van der Waals surface area (Å²) >= 11 is 0. The standard InChI is InChI=1S/C22H24N2O2/c1-15-20(22(25)26)21-19(8-5-13-23-21)24(15)14-16-9-11-18(12-10-16)17-6-3-2-4-7-17/h2-8,13,16,18H,9-12,14H2,1H3,(H,25,26). The normalized spacial score (nSPS) is 20.3. The molecule has 1 saturated carbocycles. The van der Waals surface area contributed by atoms with Gasteiger partial charge in [-0.05, 0) is 62.1 Å². The van der Waals surface area contributed by atoms with Gasteiger partial charge < -0.3 is 9.67 Å². The van der Waals surface area contributed by atoms with E-state index >= 15 is 0 Å². The second kappa shape index (κ2) is 6.94. The first kappa shape index (κ1) is 16.8. The van der Waals surface area contributed by atoms with E-state index in [4.69, 9.17) is 0 Å². The number of aromatic carboxylic acids is 1. The summed E-state index contributed by atoms with van der Waals surface area (Å²) in [5.41, 5.74) is 4.16. The third kappa shape index (κ3) is 3.00. The minimum atomic E-state index is -0.891. The highest BCUT2D eigenvalue weighted by Gasteiger charge is 2.25. The second-order valence-electron chi connectivity index (χ2n) is 7.38. The average Bonchev–Trinajstić information content (AvgIpc) is 2.95. The number of carboxylic acid groups (broad SMARTS) is 1. The van der Waals surface area contributed by atoms with Crippen LogP contribution < -0.4 is 0 Å². The Morgan fingerprint density at radius 1 is 1.12 bits per heavy atom. The summed E-state index contributed by atoms with van der Waals surface area (Å²) in [5.74, 6) is 0.357. The Labute approximate surface area is 153 Å². The molecule has 0 bridgehead atoms. The smallest absolute Gasteiger partial charge is 0.339 e. The lowest BCUT2D eigenvalue weighted by atomic mass is 9.78. The number of benzene rings is 1. The first-order valence-corrected chi connectivity index (χ1v) is 9.37. The van der Waals surface area contributed by atoms with Gasteiger partial charge in [-0.3, -0.25) is 4.98 Å². The van der Waals surface area contributed by atoms with E-state index in [1.165, 1.54) is 31.2 Å². The number of aromatic nitrogens is 2. The predicted octanol–water partition coefficient (Wildman–Crippen LogP) is 5.02. The van der Waals surface area contributed by atoms with Gasteiger partial charge in [-0.15, -0.1) is 0 Å². The lowest BCUT2D eigenvalue weighted by Gasteiger charge is -2.29. The molecule has 0 spiro atoms. The molecule has 134 valence electrons. The van der Waals surface area contributed by atoms with Gasteiger partial charge in [0.15, 0.2) is 0 Å². The molecular formula is C22H24N2O2. The lowest BCUT2D eigenvalue weighted by Crippen LogP contribution is -2.19. The van der Waals surface area contributed by atoms with Crippen molar-refractivity contribution in [3.05, 3.63) is 65.5 Å². The Hall–Kier alpha value is -2.62. The number of rotatable bonds is 4. The van der Waals surface area contributed by atoms with Gasteiger partial charge in [0.05, 0.1) is 5.52 Å². The largest absolute Gasteiger partial charge is 0.478 e. The average molecular weight is 348 g/mol.